The Labute approximate surface area is 120 Å². The Balaban J connectivity index is 2.39. The molecule has 6 heteroatoms. The number of rotatable bonds is 6. The lowest BCUT2D eigenvalue weighted by Crippen LogP contribution is -2.31. The van der Waals surface area contributed by atoms with Crippen LogP contribution in [0.2, 0.25) is 0 Å². The molecule has 0 radical (unpaired) electrons. The average molecular weight is 330 g/mol. The molecule has 104 valence electrons. The molecule has 0 aromatic heterocycles. The lowest BCUT2D eigenvalue weighted by molar-refractivity contribution is -0.152. The maximum atomic E-state index is 11.6. The lowest BCUT2D eigenvalue weighted by atomic mass is 10.1. The molecule has 0 aliphatic heterocycles. The molecule has 0 aliphatic rings. The minimum absolute atomic E-state index is 0.151. The Bertz CT molecular complexity index is 433. The molecule has 1 amide bonds. The minimum Gasteiger partial charge on any atom is -0.454 e. The minimum atomic E-state index is -0.561. The molecular weight excluding hydrogens is 314 g/mol. The first-order valence-electron chi connectivity index (χ1n) is 5.72. The Kier molecular flexibility index (Phi) is 6.52. The normalized spacial score (nSPS) is 11.7. The van der Waals surface area contributed by atoms with E-state index in [0.29, 0.717) is 0 Å². The van der Waals surface area contributed by atoms with Crippen LogP contribution in [0.3, 0.4) is 0 Å². The third kappa shape index (κ3) is 5.85. The average Bonchev–Trinajstić information content (AvgIpc) is 2.37. The predicted octanol–water partition coefficient (Wildman–Crippen LogP) is 1.82. The van der Waals surface area contributed by atoms with E-state index in [1.807, 2.05) is 31.2 Å². The second kappa shape index (κ2) is 7.91. The third-order valence-electron chi connectivity index (χ3n) is 2.37. The van der Waals surface area contributed by atoms with Gasteiger partial charge >= 0.3 is 5.97 Å². The zero-order valence-corrected chi connectivity index (χ0v) is 12.4. The highest BCUT2D eigenvalue weighted by molar-refractivity contribution is 9.10. The molecule has 0 spiro atoms. The molecule has 1 aromatic carbocycles. The van der Waals surface area contributed by atoms with Gasteiger partial charge in [0.2, 0.25) is 0 Å². The molecule has 0 bridgehead atoms. The van der Waals surface area contributed by atoms with Crippen LogP contribution in [-0.2, 0) is 19.1 Å². The highest BCUT2D eigenvalue weighted by atomic mass is 79.9. The third-order valence-corrected chi connectivity index (χ3v) is 2.90. The van der Waals surface area contributed by atoms with E-state index in [1.54, 1.807) is 0 Å². The van der Waals surface area contributed by atoms with Crippen LogP contribution in [-0.4, -0.2) is 32.2 Å². The molecule has 19 heavy (non-hydrogen) atoms. The van der Waals surface area contributed by atoms with E-state index in [2.05, 4.69) is 26.0 Å². The van der Waals surface area contributed by atoms with Gasteiger partial charge in [-0.1, -0.05) is 28.1 Å². The molecule has 1 aromatic rings. The summed E-state index contributed by atoms with van der Waals surface area (Å²) in [6.07, 6.45) is 0. The lowest BCUT2D eigenvalue weighted by Gasteiger charge is -2.14. The van der Waals surface area contributed by atoms with Crippen molar-refractivity contribution in [3.05, 3.63) is 34.3 Å². The number of nitrogens with one attached hydrogen (secondary N) is 1. The molecule has 0 saturated carbocycles. The van der Waals surface area contributed by atoms with E-state index in [-0.39, 0.29) is 25.2 Å². The van der Waals surface area contributed by atoms with Crippen LogP contribution in [0.5, 0.6) is 0 Å². The molecule has 1 N–H and O–H groups in total. The molecule has 1 rings (SSSR count). The number of ether oxygens (including phenoxy) is 2. The summed E-state index contributed by atoms with van der Waals surface area (Å²) < 4.78 is 10.3. The zero-order chi connectivity index (χ0) is 14.3. The Hall–Kier alpha value is -1.40. The van der Waals surface area contributed by atoms with Gasteiger partial charge in [0.1, 0.15) is 6.61 Å². The van der Waals surface area contributed by atoms with E-state index in [0.717, 1.165) is 10.0 Å². The fraction of sp³-hybridized carbons (Fsp3) is 0.385. The van der Waals surface area contributed by atoms with Crippen molar-refractivity contribution in [2.45, 2.75) is 13.0 Å². The number of benzene rings is 1. The van der Waals surface area contributed by atoms with E-state index >= 15 is 0 Å². The fourth-order valence-electron chi connectivity index (χ4n) is 1.42. The van der Waals surface area contributed by atoms with E-state index in [1.165, 1.54) is 7.11 Å². The van der Waals surface area contributed by atoms with Crippen molar-refractivity contribution in [2.75, 3.05) is 20.3 Å². The summed E-state index contributed by atoms with van der Waals surface area (Å²) in [5.41, 5.74) is 0.972. The molecule has 5 nitrogen and oxygen atoms in total. The molecule has 0 saturated heterocycles. The van der Waals surface area contributed by atoms with Gasteiger partial charge in [-0.25, -0.2) is 4.79 Å². The smallest absolute Gasteiger partial charge is 0.332 e. The van der Waals surface area contributed by atoms with Gasteiger partial charge in [0.05, 0.1) is 6.04 Å². The van der Waals surface area contributed by atoms with Gasteiger partial charge in [-0.3, -0.25) is 4.79 Å². The van der Waals surface area contributed by atoms with Crippen molar-refractivity contribution in [2.24, 2.45) is 0 Å². The van der Waals surface area contributed by atoms with Crippen LogP contribution >= 0.6 is 15.9 Å². The first-order chi connectivity index (χ1) is 9.02. The van der Waals surface area contributed by atoms with Crippen LogP contribution in [0.25, 0.3) is 0 Å². The molecule has 0 unspecified atom stereocenters. The summed E-state index contributed by atoms with van der Waals surface area (Å²) in [6, 6.07) is 7.47. The number of esters is 1. The standard InChI is InChI=1S/C13H16BrNO4/c1-9(10-3-5-11(14)6-4-10)15-12(16)7-19-13(17)8-18-2/h3-6,9H,7-8H2,1-2H3,(H,15,16)/t9-/m1/s1. The number of amides is 1. The summed E-state index contributed by atoms with van der Waals surface area (Å²) in [6.45, 7) is 1.40. The first-order valence-corrected chi connectivity index (χ1v) is 6.51. The van der Waals surface area contributed by atoms with Gasteiger partial charge in [-0.2, -0.15) is 0 Å². The van der Waals surface area contributed by atoms with Gasteiger partial charge in [-0.05, 0) is 24.6 Å². The second-order valence-corrected chi connectivity index (χ2v) is 4.85. The summed E-state index contributed by atoms with van der Waals surface area (Å²) in [7, 11) is 1.39. The maximum absolute atomic E-state index is 11.6. The zero-order valence-electron chi connectivity index (χ0n) is 10.8. The Morgan fingerprint density at radius 2 is 1.89 bits per heavy atom. The Morgan fingerprint density at radius 3 is 2.47 bits per heavy atom. The monoisotopic (exact) mass is 329 g/mol. The van der Waals surface area contributed by atoms with Crippen molar-refractivity contribution in [1.82, 2.24) is 5.32 Å². The van der Waals surface area contributed by atoms with Gasteiger partial charge in [0.15, 0.2) is 6.61 Å². The van der Waals surface area contributed by atoms with Crippen LogP contribution in [0.15, 0.2) is 28.7 Å². The number of carbonyl (C=O) groups is 2. The molecule has 0 aliphatic carbocycles. The number of methoxy groups -OCH3 is 1. The molecule has 0 heterocycles. The highest BCUT2D eigenvalue weighted by Gasteiger charge is 2.11. The van der Waals surface area contributed by atoms with Crippen LogP contribution < -0.4 is 5.32 Å². The largest absolute Gasteiger partial charge is 0.454 e. The van der Waals surface area contributed by atoms with Crippen molar-refractivity contribution in [1.29, 1.82) is 0 Å². The fourth-order valence-corrected chi connectivity index (χ4v) is 1.69. The van der Waals surface area contributed by atoms with Crippen molar-refractivity contribution in [3.63, 3.8) is 0 Å². The van der Waals surface area contributed by atoms with Crippen molar-refractivity contribution >= 4 is 27.8 Å². The summed E-state index contributed by atoms with van der Waals surface area (Å²) in [5, 5.41) is 2.74. The first kappa shape index (κ1) is 15.7. The number of halogens is 1. The van der Waals surface area contributed by atoms with Crippen LogP contribution in [0.1, 0.15) is 18.5 Å². The molecule has 0 fully saturated rings. The van der Waals surface area contributed by atoms with E-state index < -0.39 is 5.97 Å². The van der Waals surface area contributed by atoms with Gasteiger partial charge in [-0.15, -0.1) is 0 Å². The van der Waals surface area contributed by atoms with E-state index in [4.69, 9.17) is 4.74 Å². The Morgan fingerprint density at radius 1 is 1.26 bits per heavy atom. The SMILES string of the molecule is COCC(=O)OCC(=O)N[C@H](C)c1ccc(Br)cc1. The number of hydrogen-bond acceptors (Lipinski definition) is 4. The summed E-state index contributed by atoms with van der Waals surface area (Å²) in [4.78, 5) is 22.6. The predicted molar refractivity (Wildman–Crippen MR) is 73.5 cm³/mol. The highest BCUT2D eigenvalue weighted by Crippen LogP contribution is 2.16. The van der Waals surface area contributed by atoms with Crippen molar-refractivity contribution in [3.8, 4) is 0 Å². The van der Waals surface area contributed by atoms with Gasteiger partial charge in [0.25, 0.3) is 5.91 Å². The van der Waals surface area contributed by atoms with Gasteiger partial charge < -0.3 is 14.8 Å². The van der Waals surface area contributed by atoms with Crippen LogP contribution in [0.4, 0.5) is 0 Å². The second-order valence-electron chi connectivity index (χ2n) is 3.93. The molecule has 1 atom stereocenters. The number of carbonyl (C=O) groups excluding carboxylic acids is 2. The molecular formula is C13H16BrNO4. The topological polar surface area (TPSA) is 64.6 Å². The number of hydrogen-bond donors (Lipinski definition) is 1. The summed E-state index contributed by atoms with van der Waals surface area (Å²) in [5.74, 6) is -0.909. The quantitative estimate of drug-likeness (QED) is 0.808. The summed E-state index contributed by atoms with van der Waals surface area (Å²) >= 11 is 3.34. The van der Waals surface area contributed by atoms with Crippen molar-refractivity contribution < 1.29 is 19.1 Å². The maximum Gasteiger partial charge on any atom is 0.332 e. The van der Waals surface area contributed by atoms with Gasteiger partial charge in [0, 0.05) is 11.6 Å². The van der Waals surface area contributed by atoms with Crippen LogP contribution in [0, 0.1) is 0 Å². The van der Waals surface area contributed by atoms with E-state index in [9.17, 15) is 9.59 Å².